The van der Waals surface area contributed by atoms with E-state index in [0.29, 0.717) is 19.8 Å². The van der Waals surface area contributed by atoms with Crippen molar-refractivity contribution in [3.05, 3.63) is 95.6 Å². The molecule has 4 nitrogen and oxygen atoms in total. The van der Waals surface area contributed by atoms with E-state index in [0.717, 1.165) is 5.56 Å². The number of benzene rings is 3. The van der Waals surface area contributed by atoms with Gasteiger partial charge in [0, 0.05) is 5.92 Å². The molecule has 0 heterocycles. The summed E-state index contributed by atoms with van der Waals surface area (Å²) in [5, 5.41) is 2.85. The SMILES string of the molecule is C[C@H](COCc1ccccc1)NC(=O)OCC1c2ccccc2-c2ccccc21. The van der Waals surface area contributed by atoms with Crippen molar-refractivity contribution in [2.45, 2.75) is 25.5 Å². The molecule has 148 valence electrons. The summed E-state index contributed by atoms with van der Waals surface area (Å²) in [7, 11) is 0. The van der Waals surface area contributed by atoms with Gasteiger partial charge in [-0.05, 0) is 34.7 Å². The summed E-state index contributed by atoms with van der Waals surface area (Å²) in [5.41, 5.74) is 5.97. The first-order valence-corrected chi connectivity index (χ1v) is 9.95. The highest BCUT2D eigenvalue weighted by molar-refractivity contribution is 5.79. The van der Waals surface area contributed by atoms with Crippen molar-refractivity contribution in [1.82, 2.24) is 5.32 Å². The molecule has 0 spiro atoms. The summed E-state index contributed by atoms with van der Waals surface area (Å²) in [6.45, 7) is 3.18. The van der Waals surface area contributed by atoms with E-state index in [1.54, 1.807) is 0 Å². The lowest BCUT2D eigenvalue weighted by Gasteiger charge is -2.17. The Labute approximate surface area is 171 Å². The predicted molar refractivity (Wildman–Crippen MR) is 114 cm³/mol. The van der Waals surface area contributed by atoms with Gasteiger partial charge in [0.25, 0.3) is 0 Å². The van der Waals surface area contributed by atoms with Crippen LogP contribution < -0.4 is 5.32 Å². The monoisotopic (exact) mass is 387 g/mol. The Morgan fingerprint density at radius 2 is 1.48 bits per heavy atom. The molecule has 29 heavy (non-hydrogen) atoms. The molecule has 0 unspecified atom stereocenters. The zero-order valence-electron chi connectivity index (χ0n) is 16.5. The van der Waals surface area contributed by atoms with Gasteiger partial charge in [-0.2, -0.15) is 0 Å². The molecule has 1 aliphatic carbocycles. The lowest BCUT2D eigenvalue weighted by molar-refractivity contribution is 0.0937. The minimum absolute atomic E-state index is 0.0674. The van der Waals surface area contributed by atoms with E-state index in [2.05, 4.69) is 29.6 Å². The predicted octanol–water partition coefficient (Wildman–Crippen LogP) is 5.13. The van der Waals surface area contributed by atoms with Crippen LogP contribution in [-0.4, -0.2) is 25.3 Å². The van der Waals surface area contributed by atoms with E-state index in [1.807, 2.05) is 61.5 Å². The van der Waals surface area contributed by atoms with Crippen LogP contribution in [0.25, 0.3) is 11.1 Å². The molecule has 3 aromatic rings. The van der Waals surface area contributed by atoms with Crippen molar-refractivity contribution in [2.75, 3.05) is 13.2 Å². The van der Waals surface area contributed by atoms with Gasteiger partial charge in [0.2, 0.25) is 0 Å². The molecule has 0 radical (unpaired) electrons. The lowest BCUT2D eigenvalue weighted by Crippen LogP contribution is -2.36. The second-order valence-electron chi connectivity index (χ2n) is 7.37. The van der Waals surface area contributed by atoms with Crippen LogP contribution in [0.3, 0.4) is 0 Å². The third-order valence-electron chi connectivity index (χ3n) is 5.19. The van der Waals surface area contributed by atoms with Gasteiger partial charge in [-0.1, -0.05) is 78.9 Å². The summed E-state index contributed by atoms with van der Waals surface area (Å²) in [4.78, 5) is 12.3. The Kier molecular flexibility index (Phi) is 5.92. The van der Waals surface area contributed by atoms with E-state index in [9.17, 15) is 4.79 Å². The van der Waals surface area contributed by atoms with E-state index in [1.165, 1.54) is 22.3 Å². The molecule has 0 saturated carbocycles. The average Bonchev–Trinajstić information content (AvgIpc) is 3.07. The largest absolute Gasteiger partial charge is 0.449 e. The zero-order valence-corrected chi connectivity index (χ0v) is 16.5. The molecular formula is C25H25NO3. The van der Waals surface area contributed by atoms with Crippen molar-refractivity contribution in [1.29, 1.82) is 0 Å². The van der Waals surface area contributed by atoms with Crippen molar-refractivity contribution in [3.8, 4) is 11.1 Å². The molecule has 4 rings (SSSR count). The second-order valence-corrected chi connectivity index (χ2v) is 7.37. The van der Waals surface area contributed by atoms with Gasteiger partial charge in [-0.15, -0.1) is 0 Å². The van der Waals surface area contributed by atoms with Crippen LogP contribution in [0.15, 0.2) is 78.9 Å². The van der Waals surface area contributed by atoms with Gasteiger partial charge >= 0.3 is 6.09 Å². The quantitative estimate of drug-likeness (QED) is 0.611. The maximum Gasteiger partial charge on any atom is 0.407 e. The standard InChI is InChI=1S/C25H25NO3/c1-18(15-28-16-19-9-3-2-4-10-19)26-25(27)29-17-24-22-13-7-5-11-20(22)21-12-6-8-14-23(21)24/h2-14,18,24H,15-17H2,1H3,(H,26,27)/t18-/m1/s1. The van der Waals surface area contributed by atoms with Gasteiger partial charge < -0.3 is 14.8 Å². The molecule has 1 N–H and O–H groups in total. The summed E-state index contributed by atoms with van der Waals surface area (Å²) in [5.74, 6) is 0.0674. The maximum absolute atomic E-state index is 12.3. The fourth-order valence-electron chi connectivity index (χ4n) is 3.81. The molecule has 4 heteroatoms. The minimum atomic E-state index is -0.414. The van der Waals surface area contributed by atoms with Crippen molar-refractivity contribution >= 4 is 6.09 Å². The number of carbonyl (C=O) groups excluding carboxylic acids is 1. The van der Waals surface area contributed by atoms with Gasteiger partial charge in [-0.3, -0.25) is 0 Å². The molecule has 1 amide bonds. The highest BCUT2D eigenvalue weighted by atomic mass is 16.5. The number of hydrogen-bond donors (Lipinski definition) is 1. The Morgan fingerprint density at radius 1 is 0.897 bits per heavy atom. The molecule has 3 aromatic carbocycles. The highest BCUT2D eigenvalue weighted by Gasteiger charge is 2.29. The number of nitrogens with one attached hydrogen (secondary N) is 1. The number of amides is 1. The number of rotatable bonds is 7. The molecule has 0 aliphatic heterocycles. The van der Waals surface area contributed by atoms with E-state index in [-0.39, 0.29) is 12.0 Å². The van der Waals surface area contributed by atoms with E-state index >= 15 is 0 Å². The first kappa shape index (κ1) is 19.2. The normalized spacial score (nSPS) is 13.4. The van der Waals surface area contributed by atoms with Crippen LogP contribution in [0.5, 0.6) is 0 Å². The Balaban J connectivity index is 1.28. The number of fused-ring (bicyclic) bond motifs is 3. The molecular weight excluding hydrogens is 362 g/mol. The molecule has 0 aromatic heterocycles. The summed E-state index contributed by atoms with van der Waals surface area (Å²) in [6, 6.07) is 26.5. The van der Waals surface area contributed by atoms with Crippen LogP contribution in [-0.2, 0) is 16.1 Å². The molecule has 0 saturated heterocycles. The summed E-state index contributed by atoms with van der Waals surface area (Å²) >= 11 is 0. The smallest absolute Gasteiger partial charge is 0.407 e. The van der Waals surface area contributed by atoms with Crippen molar-refractivity contribution < 1.29 is 14.3 Å². The average molecular weight is 387 g/mol. The number of carbonyl (C=O) groups is 1. The lowest BCUT2D eigenvalue weighted by atomic mass is 9.98. The first-order chi connectivity index (χ1) is 14.2. The van der Waals surface area contributed by atoms with Crippen LogP contribution in [0.1, 0.15) is 29.5 Å². The van der Waals surface area contributed by atoms with Gasteiger partial charge in [-0.25, -0.2) is 4.79 Å². The topological polar surface area (TPSA) is 47.6 Å². The van der Waals surface area contributed by atoms with Gasteiger partial charge in [0.15, 0.2) is 0 Å². The van der Waals surface area contributed by atoms with E-state index in [4.69, 9.17) is 9.47 Å². The zero-order chi connectivity index (χ0) is 20.1. The first-order valence-electron chi connectivity index (χ1n) is 9.95. The summed E-state index contributed by atoms with van der Waals surface area (Å²) in [6.07, 6.45) is -0.414. The Bertz CT molecular complexity index is 925. The maximum atomic E-state index is 12.3. The van der Waals surface area contributed by atoms with Gasteiger partial charge in [0.05, 0.1) is 19.3 Å². The van der Waals surface area contributed by atoms with Crippen LogP contribution in [0.2, 0.25) is 0 Å². The number of alkyl carbamates (subject to hydrolysis) is 1. The third kappa shape index (κ3) is 4.49. The summed E-state index contributed by atoms with van der Waals surface area (Å²) < 4.78 is 11.3. The van der Waals surface area contributed by atoms with Crippen molar-refractivity contribution in [2.24, 2.45) is 0 Å². The van der Waals surface area contributed by atoms with Crippen LogP contribution in [0, 0.1) is 0 Å². The fourth-order valence-corrected chi connectivity index (χ4v) is 3.81. The van der Waals surface area contributed by atoms with Gasteiger partial charge in [0.1, 0.15) is 6.61 Å². The fraction of sp³-hybridized carbons (Fsp3) is 0.240. The molecule has 1 aliphatic rings. The van der Waals surface area contributed by atoms with Crippen LogP contribution in [0.4, 0.5) is 4.79 Å². The number of hydrogen-bond acceptors (Lipinski definition) is 3. The number of ether oxygens (including phenoxy) is 2. The van der Waals surface area contributed by atoms with Crippen LogP contribution >= 0.6 is 0 Å². The minimum Gasteiger partial charge on any atom is -0.449 e. The van der Waals surface area contributed by atoms with E-state index < -0.39 is 6.09 Å². The molecule has 0 bridgehead atoms. The third-order valence-corrected chi connectivity index (χ3v) is 5.19. The molecule has 1 atom stereocenters. The highest BCUT2D eigenvalue weighted by Crippen LogP contribution is 2.44. The Morgan fingerprint density at radius 3 is 2.14 bits per heavy atom. The Hall–Kier alpha value is -3.11. The second kappa shape index (κ2) is 8.93. The van der Waals surface area contributed by atoms with Crippen molar-refractivity contribution in [3.63, 3.8) is 0 Å². The molecule has 0 fully saturated rings.